The van der Waals surface area contributed by atoms with Gasteiger partial charge in [0.15, 0.2) is 5.16 Å². The number of nitrogens with one attached hydrogen (secondary N) is 2. The van der Waals surface area contributed by atoms with Gasteiger partial charge in [0.1, 0.15) is 11.0 Å². The fourth-order valence-electron chi connectivity index (χ4n) is 3.22. The number of thioether (sulfide) groups is 1. The highest BCUT2D eigenvalue weighted by Crippen LogP contribution is 2.27. The Morgan fingerprint density at radius 3 is 2.53 bits per heavy atom. The van der Waals surface area contributed by atoms with Gasteiger partial charge in [-0.3, -0.25) is 14.2 Å². The average Bonchev–Trinajstić information content (AvgIpc) is 3.25. The van der Waals surface area contributed by atoms with Crippen LogP contribution in [-0.2, 0) is 16.6 Å². The summed E-state index contributed by atoms with van der Waals surface area (Å²) in [5, 5.41) is 3.21. The van der Waals surface area contributed by atoms with E-state index in [1.165, 1.54) is 23.4 Å². The standard InChI is InChI=1S/C23H20N4O4S/c1-27-21(29)20-19(17(12-24-20)14-6-4-3-5-7-14)26-23(27)32-13-18(28)25-16-10-8-15(9-11-16)22(30)31-2/h3-12,24H,13H2,1-2H3,(H,25,28). The Morgan fingerprint density at radius 2 is 1.84 bits per heavy atom. The number of hydrogen-bond donors (Lipinski definition) is 2. The molecule has 0 bridgehead atoms. The summed E-state index contributed by atoms with van der Waals surface area (Å²) >= 11 is 1.17. The number of aromatic nitrogens is 3. The molecule has 9 heteroatoms. The van der Waals surface area contributed by atoms with E-state index < -0.39 is 5.97 Å². The second kappa shape index (κ2) is 9.11. The Morgan fingerprint density at radius 1 is 1.12 bits per heavy atom. The van der Waals surface area contributed by atoms with Crippen LogP contribution in [-0.4, -0.2) is 39.3 Å². The first-order valence-corrected chi connectivity index (χ1v) is 10.7. The monoisotopic (exact) mass is 448 g/mol. The molecule has 0 saturated heterocycles. The largest absolute Gasteiger partial charge is 0.465 e. The quantitative estimate of drug-likeness (QED) is 0.266. The van der Waals surface area contributed by atoms with Gasteiger partial charge >= 0.3 is 5.97 Å². The van der Waals surface area contributed by atoms with Crippen LogP contribution in [0.15, 0.2) is 70.7 Å². The lowest BCUT2D eigenvalue weighted by Gasteiger charge is -2.09. The Kier molecular flexibility index (Phi) is 6.09. The molecule has 8 nitrogen and oxygen atoms in total. The number of fused-ring (bicyclic) bond motifs is 1. The number of anilines is 1. The number of H-pyrrole nitrogens is 1. The van der Waals surface area contributed by atoms with Crippen LogP contribution in [0.3, 0.4) is 0 Å². The van der Waals surface area contributed by atoms with Crippen LogP contribution in [0.2, 0.25) is 0 Å². The number of esters is 1. The molecule has 0 spiro atoms. The lowest BCUT2D eigenvalue weighted by Crippen LogP contribution is -2.21. The minimum atomic E-state index is -0.444. The van der Waals surface area contributed by atoms with E-state index in [1.807, 2.05) is 30.3 Å². The molecule has 1 amide bonds. The van der Waals surface area contributed by atoms with Crippen LogP contribution in [0.5, 0.6) is 0 Å². The summed E-state index contributed by atoms with van der Waals surface area (Å²) in [6.07, 6.45) is 1.77. The molecule has 0 radical (unpaired) electrons. The van der Waals surface area contributed by atoms with E-state index in [9.17, 15) is 14.4 Å². The first-order valence-electron chi connectivity index (χ1n) is 9.72. The van der Waals surface area contributed by atoms with Gasteiger partial charge in [0.2, 0.25) is 5.91 Å². The number of hydrogen-bond acceptors (Lipinski definition) is 6. The molecule has 0 fully saturated rings. The van der Waals surface area contributed by atoms with Gasteiger partial charge in [-0.05, 0) is 29.8 Å². The smallest absolute Gasteiger partial charge is 0.337 e. The summed E-state index contributed by atoms with van der Waals surface area (Å²) in [5.41, 5.74) is 3.51. The number of methoxy groups -OCH3 is 1. The number of amides is 1. The van der Waals surface area contributed by atoms with Gasteiger partial charge in [0.05, 0.1) is 18.4 Å². The molecule has 2 heterocycles. The summed E-state index contributed by atoms with van der Waals surface area (Å²) in [6.45, 7) is 0. The molecule has 162 valence electrons. The maximum absolute atomic E-state index is 12.8. The molecule has 2 aromatic carbocycles. The normalized spacial score (nSPS) is 10.8. The molecule has 4 rings (SSSR count). The van der Waals surface area contributed by atoms with Gasteiger partial charge < -0.3 is 15.0 Å². The Balaban J connectivity index is 1.51. The Labute approximate surface area is 187 Å². The molecule has 0 aliphatic rings. The zero-order chi connectivity index (χ0) is 22.7. The highest BCUT2D eigenvalue weighted by Gasteiger charge is 2.16. The van der Waals surface area contributed by atoms with E-state index >= 15 is 0 Å². The van der Waals surface area contributed by atoms with Crippen molar-refractivity contribution in [2.75, 3.05) is 18.2 Å². The molecule has 32 heavy (non-hydrogen) atoms. The van der Waals surface area contributed by atoms with E-state index in [1.54, 1.807) is 37.5 Å². The first-order chi connectivity index (χ1) is 15.5. The van der Waals surface area contributed by atoms with Crippen LogP contribution in [0.25, 0.3) is 22.2 Å². The SMILES string of the molecule is COC(=O)c1ccc(NC(=O)CSc2nc3c(-c4ccccc4)c[nH]c3c(=O)n2C)cc1. The molecule has 0 aliphatic carbocycles. The van der Waals surface area contributed by atoms with Gasteiger partial charge in [-0.1, -0.05) is 42.1 Å². The fourth-order valence-corrected chi connectivity index (χ4v) is 3.99. The van der Waals surface area contributed by atoms with E-state index in [2.05, 4.69) is 20.0 Å². The molecule has 2 N–H and O–H groups in total. The van der Waals surface area contributed by atoms with Gasteiger partial charge in [0, 0.05) is 24.5 Å². The van der Waals surface area contributed by atoms with E-state index in [0.717, 1.165) is 11.1 Å². The van der Waals surface area contributed by atoms with Crippen LogP contribution in [0, 0.1) is 0 Å². The molecular weight excluding hydrogens is 428 g/mol. The summed E-state index contributed by atoms with van der Waals surface area (Å²) in [5.74, 6) is -0.636. The fraction of sp³-hybridized carbons (Fsp3) is 0.130. The maximum atomic E-state index is 12.8. The van der Waals surface area contributed by atoms with Crippen LogP contribution < -0.4 is 10.9 Å². The Bertz CT molecular complexity index is 1340. The maximum Gasteiger partial charge on any atom is 0.337 e. The van der Waals surface area contributed by atoms with E-state index in [0.29, 0.717) is 27.4 Å². The number of carbonyl (C=O) groups excluding carboxylic acids is 2. The Hall–Kier alpha value is -3.85. The second-order valence-electron chi connectivity index (χ2n) is 6.96. The van der Waals surface area contributed by atoms with Crippen molar-refractivity contribution >= 4 is 40.4 Å². The highest BCUT2D eigenvalue weighted by atomic mass is 32.2. The number of carbonyl (C=O) groups is 2. The summed E-state index contributed by atoms with van der Waals surface area (Å²) in [6, 6.07) is 16.1. The lowest BCUT2D eigenvalue weighted by atomic mass is 10.1. The average molecular weight is 449 g/mol. The van der Waals surface area contributed by atoms with Crippen molar-refractivity contribution < 1.29 is 14.3 Å². The molecule has 0 aliphatic heterocycles. The van der Waals surface area contributed by atoms with Crippen molar-refractivity contribution in [3.63, 3.8) is 0 Å². The summed E-state index contributed by atoms with van der Waals surface area (Å²) in [7, 11) is 2.94. The van der Waals surface area contributed by atoms with Crippen molar-refractivity contribution in [1.82, 2.24) is 14.5 Å². The first kappa shape index (κ1) is 21.4. The topological polar surface area (TPSA) is 106 Å². The van der Waals surface area contributed by atoms with E-state index in [4.69, 9.17) is 0 Å². The molecule has 0 saturated carbocycles. The van der Waals surface area contributed by atoms with Crippen LogP contribution in [0.1, 0.15) is 10.4 Å². The number of benzene rings is 2. The van der Waals surface area contributed by atoms with E-state index in [-0.39, 0.29) is 17.2 Å². The number of aromatic amines is 1. The second-order valence-corrected chi connectivity index (χ2v) is 7.90. The zero-order valence-corrected chi connectivity index (χ0v) is 18.2. The predicted octanol–water partition coefficient (Wildman–Crippen LogP) is 3.45. The predicted molar refractivity (Wildman–Crippen MR) is 124 cm³/mol. The summed E-state index contributed by atoms with van der Waals surface area (Å²) < 4.78 is 6.09. The van der Waals surface area contributed by atoms with Gasteiger partial charge in [-0.2, -0.15) is 0 Å². The van der Waals surface area contributed by atoms with Crippen molar-refractivity contribution in [1.29, 1.82) is 0 Å². The van der Waals surface area contributed by atoms with Crippen molar-refractivity contribution in [3.05, 3.63) is 76.7 Å². The van der Waals surface area contributed by atoms with Crippen molar-refractivity contribution in [3.8, 4) is 11.1 Å². The number of ether oxygens (including phenoxy) is 1. The van der Waals surface area contributed by atoms with Gasteiger partial charge in [-0.15, -0.1) is 0 Å². The third kappa shape index (κ3) is 4.28. The van der Waals surface area contributed by atoms with Crippen molar-refractivity contribution in [2.24, 2.45) is 7.05 Å². The molecular formula is C23H20N4O4S. The number of nitrogens with zero attached hydrogens (tertiary/aromatic N) is 2. The molecule has 0 unspecified atom stereocenters. The van der Waals surface area contributed by atoms with Crippen LogP contribution >= 0.6 is 11.8 Å². The third-order valence-electron chi connectivity index (χ3n) is 4.87. The minimum Gasteiger partial charge on any atom is -0.465 e. The van der Waals surface area contributed by atoms with Gasteiger partial charge in [-0.25, -0.2) is 9.78 Å². The van der Waals surface area contributed by atoms with Crippen molar-refractivity contribution in [2.45, 2.75) is 5.16 Å². The number of rotatable bonds is 6. The lowest BCUT2D eigenvalue weighted by molar-refractivity contribution is -0.113. The van der Waals surface area contributed by atoms with Crippen LogP contribution in [0.4, 0.5) is 5.69 Å². The highest BCUT2D eigenvalue weighted by molar-refractivity contribution is 7.99. The zero-order valence-electron chi connectivity index (χ0n) is 17.4. The summed E-state index contributed by atoms with van der Waals surface area (Å²) in [4.78, 5) is 44.4. The molecule has 2 aromatic heterocycles. The molecule has 0 atom stereocenters. The minimum absolute atomic E-state index is 0.0651. The molecule has 4 aromatic rings. The third-order valence-corrected chi connectivity index (χ3v) is 5.90. The van der Waals surface area contributed by atoms with Gasteiger partial charge in [0.25, 0.3) is 5.56 Å².